The molecule has 1 saturated heterocycles. The Morgan fingerprint density at radius 3 is 2.70 bits per heavy atom. The van der Waals surface area contributed by atoms with E-state index in [1.165, 1.54) is 12.1 Å². The van der Waals surface area contributed by atoms with E-state index in [1.807, 2.05) is 0 Å². The molecule has 0 saturated carbocycles. The summed E-state index contributed by atoms with van der Waals surface area (Å²) < 4.78 is 13.7. The summed E-state index contributed by atoms with van der Waals surface area (Å²) >= 11 is 0. The molecule has 1 aliphatic rings. The van der Waals surface area contributed by atoms with Gasteiger partial charge in [0.15, 0.2) is 0 Å². The van der Waals surface area contributed by atoms with Crippen LogP contribution in [-0.2, 0) is 6.54 Å². The highest BCUT2D eigenvalue weighted by atomic mass is 19.1. The molecule has 2 rings (SSSR count). The summed E-state index contributed by atoms with van der Waals surface area (Å²) in [5.41, 5.74) is 0.562. The minimum atomic E-state index is -1.22. The number of carboxylic acids is 1. The third-order valence-corrected chi connectivity index (χ3v) is 3.88. The van der Waals surface area contributed by atoms with Crippen molar-refractivity contribution < 1.29 is 14.3 Å². The van der Waals surface area contributed by atoms with Crippen molar-refractivity contribution in [2.24, 2.45) is 0 Å². The van der Waals surface area contributed by atoms with Gasteiger partial charge >= 0.3 is 5.97 Å². The molecule has 5 heteroatoms. The summed E-state index contributed by atoms with van der Waals surface area (Å²) in [5.74, 6) is -1.88. The second-order valence-corrected chi connectivity index (χ2v) is 5.16. The maximum Gasteiger partial charge on any atom is 0.338 e. The topological polar surface area (TPSA) is 52.6 Å². The molecule has 0 atom stereocenters. The number of hydrogen-bond donors (Lipinski definition) is 2. The number of halogens is 1. The molecule has 0 aliphatic carbocycles. The third kappa shape index (κ3) is 3.55. The van der Waals surface area contributed by atoms with Crippen LogP contribution in [0.25, 0.3) is 0 Å². The van der Waals surface area contributed by atoms with E-state index >= 15 is 0 Å². The van der Waals surface area contributed by atoms with E-state index in [2.05, 4.69) is 17.1 Å². The largest absolute Gasteiger partial charge is 0.478 e. The van der Waals surface area contributed by atoms with E-state index < -0.39 is 11.8 Å². The van der Waals surface area contributed by atoms with Crippen LogP contribution in [-0.4, -0.2) is 41.7 Å². The van der Waals surface area contributed by atoms with Crippen molar-refractivity contribution in [1.82, 2.24) is 10.2 Å². The molecule has 4 nitrogen and oxygen atoms in total. The number of nitrogens with zero attached hydrogens (tertiary/aromatic N) is 1. The van der Waals surface area contributed by atoms with Gasteiger partial charge in [0.25, 0.3) is 0 Å². The lowest BCUT2D eigenvalue weighted by Crippen LogP contribution is -2.42. The third-order valence-electron chi connectivity index (χ3n) is 3.88. The standard InChI is InChI=1S/C15H21FN2O2/c1-2-18(12-5-7-17-8-6-12)10-11-3-4-13(15(19)20)14(16)9-11/h3-4,9,12,17H,2,5-8,10H2,1H3,(H,19,20). The Morgan fingerprint density at radius 2 is 2.15 bits per heavy atom. The van der Waals surface area contributed by atoms with Crippen LogP contribution in [0.15, 0.2) is 18.2 Å². The van der Waals surface area contributed by atoms with Gasteiger partial charge in [-0.2, -0.15) is 0 Å². The molecule has 1 fully saturated rings. The van der Waals surface area contributed by atoms with Crippen LogP contribution in [0, 0.1) is 5.82 Å². The van der Waals surface area contributed by atoms with E-state index in [-0.39, 0.29) is 5.56 Å². The van der Waals surface area contributed by atoms with Gasteiger partial charge in [-0.25, -0.2) is 9.18 Å². The number of piperidine rings is 1. The molecule has 1 aromatic carbocycles. The zero-order chi connectivity index (χ0) is 14.5. The molecule has 1 heterocycles. The van der Waals surface area contributed by atoms with Gasteiger partial charge in [-0.1, -0.05) is 13.0 Å². The quantitative estimate of drug-likeness (QED) is 0.867. The minimum absolute atomic E-state index is 0.265. The molecular formula is C15H21FN2O2. The second-order valence-electron chi connectivity index (χ2n) is 5.16. The molecule has 0 amide bonds. The molecule has 110 valence electrons. The fourth-order valence-corrected chi connectivity index (χ4v) is 2.74. The predicted octanol–water partition coefficient (Wildman–Crippen LogP) is 2.10. The lowest BCUT2D eigenvalue weighted by atomic mass is 10.0. The van der Waals surface area contributed by atoms with Crippen LogP contribution in [0.2, 0.25) is 0 Å². The van der Waals surface area contributed by atoms with E-state index in [9.17, 15) is 9.18 Å². The summed E-state index contributed by atoms with van der Waals surface area (Å²) in [4.78, 5) is 13.1. The van der Waals surface area contributed by atoms with Gasteiger partial charge < -0.3 is 10.4 Å². The smallest absolute Gasteiger partial charge is 0.338 e. The highest BCUT2D eigenvalue weighted by Gasteiger charge is 2.20. The van der Waals surface area contributed by atoms with E-state index in [4.69, 9.17) is 5.11 Å². The Morgan fingerprint density at radius 1 is 1.45 bits per heavy atom. The Hall–Kier alpha value is -1.46. The van der Waals surface area contributed by atoms with Crippen molar-refractivity contribution in [2.75, 3.05) is 19.6 Å². The van der Waals surface area contributed by atoms with Gasteiger partial charge in [0.2, 0.25) is 0 Å². The molecule has 0 bridgehead atoms. The van der Waals surface area contributed by atoms with E-state index in [0.29, 0.717) is 12.6 Å². The van der Waals surface area contributed by atoms with Crippen molar-refractivity contribution in [3.63, 3.8) is 0 Å². The zero-order valence-electron chi connectivity index (χ0n) is 11.7. The number of carbonyl (C=O) groups is 1. The highest BCUT2D eigenvalue weighted by Crippen LogP contribution is 2.17. The van der Waals surface area contributed by atoms with Crippen LogP contribution in [0.5, 0.6) is 0 Å². The molecular weight excluding hydrogens is 259 g/mol. The average molecular weight is 280 g/mol. The molecule has 20 heavy (non-hydrogen) atoms. The summed E-state index contributed by atoms with van der Waals surface area (Å²) in [5, 5.41) is 12.2. The molecule has 0 spiro atoms. The Labute approximate surface area is 118 Å². The molecule has 0 unspecified atom stereocenters. The first-order valence-corrected chi connectivity index (χ1v) is 7.08. The number of rotatable bonds is 5. The summed E-state index contributed by atoms with van der Waals surface area (Å²) in [6.07, 6.45) is 2.20. The number of aromatic carboxylic acids is 1. The van der Waals surface area contributed by atoms with Crippen LogP contribution in [0.3, 0.4) is 0 Å². The Balaban J connectivity index is 2.07. The normalized spacial score (nSPS) is 16.6. The van der Waals surface area contributed by atoms with Gasteiger partial charge in [-0.05, 0) is 50.2 Å². The van der Waals surface area contributed by atoms with Crippen molar-refractivity contribution in [1.29, 1.82) is 0 Å². The Kier molecular flexibility index (Phi) is 5.09. The van der Waals surface area contributed by atoms with Gasteiger partial charge in [-0.15, -0.1) is 0 Å². The molecule has 0 radical (unpaired) electrons. The van der Waals surface area contributed by atoms with Gasteiger partial charge in [0.05, 0.1) is 5.56 Å². The van der Waals surface area contributed by atoms with Crippen LogP contribution < -0.4 is 5.32 Å². The van der Waals surface area contributed by atoms with Gasteiger partial charge in [0.1, 0.15) is 5.82 Å². The first-order chi connectivity index (χ1) is 9.61. The van der Waals surface area contributed by atoms with Crippen molar-refractivity contribution in [3.8, 4) is 0 Å². The predicted molar refractivity (Wildman–Crippen MR) is 75.3 cm³/mol. The lowest BCUT2D eigenvalue weighted by Gasteiger charge is -2.34. The molecule has 2 N–H and O–H groups in total. The number of nitrogens with one attached hydrogen (secondary N) is 1. The summed E-state index contributed by atoms with van der Waals surface area (Å²) in [6.45, 7) is 5.72. The second kappa shape index (κ2) is 6.81. The van der Waals surface area contributed by atoms with Crippen molar-refractivity contribution in [2.45, 2.75) is 32.4 Å². The molecule has 1 aliphatic heterocycles. The maximum absolute atomic E-state index is 13.7. The fourth-order valence-electron chi connectivity index (χ4n) is 2.74. The van der Waals surface area contributed by atoms with Crippen LogP contribution in [0.4, 0.5) is 4.39 Å². The van der Waals surface area contributed by atoms with E-state index in [0.717, 1.165) is 38.0 Å². The first kappa shape index (κ1) is 14.9. The average Bonchev–Trinajstić information content (AvgIpc) is 2.45. The van der Waals surface area contributed by atoms with Crippen LogP contribution in [0.1, 0.15) is 35.7 Å². The number of carboxylic acid groups (broad SMARTS) is 1. The van der Waals surface area contributed by atoms with Crippen molar-refractivity contribution in [3.05, 3.63) is 35.1 Å². The monoisotopic (exact) mass is 280 g/mol. The summed E-state index contributed by atoms with van der Waals surface area (Å²) in [7, 11) is 0. The fraction of sp³-hybridized carbons (Fsp3) is 0.533. The van der Waals surface area contributed by atoms with Crippen molar-refractivity contribution >= 4 is 5.97 Å². The first-order valence-electron chi connectivity index (χ1n) is 7.08. The maximum atomic E-state index is 13.7. The number of hydrogen-bond acceptors (Lipinski definition) is 3. The SMILES string of the molecule is CCN(Cc1ccc(C(=O)O)c(F)c1)C1CCNCC1. The molecule has 0 aromatic heterocycles. The summed E-state index contributed by atoms with van der Waals surface area (Å²) in [6, 6.07) is 4.91. The lowest BCUT2D eigenvalue weighted by molar-refractivity contribution is 0.0692. The van der Waals surface area contributed by atoms with Gasteiger partial charge in [-0.3, -0.25) is 4.90 Å². The zero-order valence-corrected chi connectivity index (χ0v) is 11.7. The number of benzene rings is 1. The minimum Gasteiger partial charge on any atom is -0.478 e. The highest BCUT2D eigenvalue weighted by molar-refractivity contribution is 5.87. The van der Waals surface area contributed by atoms with E-state index in [1.54, 1.807) is 6.07 Å². The molecule has 1 aromatic rings. The van der Waals surface area contributed by atoms with Gasteiger partial charge in [0, 0.05) is 12.6 Å². The Bertz CT molecular complexity index is 473. The van der Waals surface area contributed by atoms with Crippen LogP contribution >= 0.6 is 0 Å².